The Bertz CT molecular complexity index is 1290. The van der Waals surface area contributed by atoms with Crippen molar-refractivity contribution >= 4 is 11.6 Å². The number of carbonyl (C=O) groups is 2. The molecule has 1 saturated heterocycles. The van der Waals surface area contributed by atoms with E-state index in [4.69, 9.17) is 18.9 Å². The third-order valence-electron chi connectivity index (χ3n) is 8.05. The molecule has 1 N–H and O–H groups in total. The monoisotopic (exact) mass is 603 g/mol. The highest BCUT2D eigenvalue weighted by Crippen LogP contribution is 2.29. The SMILES string of the molecule is COc1ccc(OCCOc2ccc([C@@H](O)C(CC(=O)CCCCC(=O)c3ccc(OC)cc3)CN3CCCC3)cc2)cc1. The van der Waals surface area contributed by atoms with Crippen molar-refractivity contribution in [3.63, 3.8) is 0 Å². The van der Waals surface area contributed by atoms with Crippen molar-refractivity contribution in [2.45, 2.75) is 51.0 Å². The van der Waals surface area contributed by atoms with Gasteiger partial charge < -0.3 is 29.0 Å². The number of hydrogen-bond donors (Lipinski definition) is 1. The summed E-state index contributed by atoms with van der Waals surface area (Å²) in [5.74, 6) is 2.92. The Hall–Kier alpha value is -3.88. The van der Waals surface area contributed by atoms with Gasteiger partial charge in [0, 0.05) is 37.3 Å². The number of aliphatic hydroxyl groups excluding tert-OH is 1. The second kappa shape index (κ2) is 17.4. The summed E-state index contributed by atoms with van der Waals surface area (Å²) in [6.07, 6.45) is 3.96. The highest BCUT2D eigenvalue weighted by Gasteiger charge is 2.27. The van der Waals surface area contributed by atoms with Crippen LogP contribution in [0.1, 0.15) is 67.0 Å². The quantitative estimate of drug-likeness (QED) is 0.126. The maximum atomic E-state index is 13.0. The molecule has 3 aromatic rings. The van der Waals surface area contributed by atoms with E-state index in [1.807, 2.05) is 48.5 Å². The number of ether oxygens (including phenoxy) is 4. The fraction of sp³-hybridized carbons (Fsp3) is 0.444. The number of methoxy groups -OCH3 is 2. The van der Waals surface area contributed by atoms with Gasteiger partial charge in [-0.3, -0.25) is 9.59 Å². The van der Waals surface area contributed by atoms with Crippen LogP contribution < -0.4 is 18.9 Å². The van der Waals surface area contributed by atoms with Crippen LogP contribution >= 0.6 is 0 Å². The number of carbonyl (C=O) groups excluding carboxylic acids is 2. The van der Waals surface area contributed by atoms with Crippen molar-refractivity contribution in [1.29, 1.82) is 0 Å². The average Bonchev–Trinajstić information content (AvgIpc) is 3.58. The number of rotatable bonds is 19. The Kier molecular flexibility index (Phi) is 13.1. The summed E-state index contributed by atoms with van der Waals surface area (Å²) < 4.78 is 21.9. The van der Waals surface area contributed by atoms with Gasteiger partial charge in [-0.05, 0) is 105 Å². The van der Waals surface area contributed by atoms with Crippen molar-refractivity contribution in [3.8, 4) is 23.0 Å². The van der Waals surface area contributed by atoms with Crippen molar-refractivity contribution in [2.75, 3.05) is 47.1 Å². The molecule has 0 spiro atoms. The summed E-state index contributed by atoms with van der Waals surface area (Å²) in [6, 6.07) is 21.9. The van der Waals surface area contributed by atoms with Crippen LogP contribution in [0.4, 0.5) is 0 Å². The van der Waals surface area contributed by atoms with Gasteiger partial charge in [-0.25, -0.2) is 0 Å². The minimum Gasteiger partial charge on any atom is -0.497 e. The Morgan fingerprint density at radius 3 is 1.80 bits per heavy atom. The molecule has 0 aromatic heterocycles. The second-order valence-corrected chi connectivity index (χ2v) is 11.3. The lowest BCUT2D eigenvalue weighted by molar-refractivity contribution is -0.121. The molecule has 1 aliphatic rings. The number of ketones is 2. The first-order valence-corrected chi connectivity index (χ1v) is 15.5. The molecule has 0 saturated carbocycles. The van der Waals surface area contributed by atoms with Crippen LogP contribution in [0, 0.1) is 5.92 Å². The number of nitrogens with zero attached hydrogens (tertiary/aromatic N) is 1. The van der Waals surface area contributed by atoms with Gasteiger partial charge in [0.2, 0.25) is 0 Å². The Labute approximate surface area is 260 Å². The van der Waals surface area contributed by atoms with E-state index in [2.05, 4.69) is 4.90 Å². The van der Waals surface area contributed by atoms with Crippen molar-refractivity contribution in [1.82, 2.24) is 4.90 Å². The second-order valence-electron chi connectivity index (χ2n) is 11.3. The van der Waals surface area contributed by atoms with Gasteiger partial charge in [-0.15, -0.1) is 0 Å². The zero-order valence-corrected chi connectivity index (χ0v) is 25.9. The minimum atomic E-state index is -0.761. The van der Waals surface area contributed by atoms with Crippen LogP contribution in [-0.2, 0) is 4.79 Å². The number of unbranched alkanes of at least 4 members (excludes halogenated alkanes) is 1. The standard InChI is InChI=1S/C36H45NO7/c1-41-31-13-9-27(10-14-31)35(39)8-4-3-7-30(38)25-29(26-37-21-5-6-22-37)36(40)28-11-15-33(16-12-28)43-23-24-44-34-19-17-32(42-2)18-20-34/h9-20,29,36,40H,3-8,21-26H2,1-2H3/t29?,36-/m1/s1. The lowest BCUT2D eigenvalue weighted by Crippen LogP contribution is -2.31. The predicted octanol–water partition coefficient (Wildman–Crippen LogP) is 6.31. The van der Waals surface area contributed by atoms with Crippen LogP contribution in [0.25, 0.3) is 0 Å². The highest BCUT2D eigenvalue weighted by molar-refractivity contribution is 5.96. The molecular formula is C36H45NO7. The third kappa shape index (κ3) is 10.4. The lowest BCUT2D eigenvalue weighted by Gasteiger charge is -2.27. The van der Waals surface area contributed by atoms with E-state index in [1.54, 1.807) is 38.5 Å². The van der Waals surface area contributed by atoms with Gasteiger partial charge in [0.25, 0.3) is 0 Å². The number of hydrogen-bond acceptors (Lipinski definition) is 8. The minimum absolute atomic E-state index is 0.0691. The molecule has 1 aliphatic heterocycles. The van der Waals surface area contributed by atoms with E-state index >= 15 is 0 Å². The smallest absolute Gasteiger partial charge is 0.162 e. The van der Waals surface area contributed by atoms with Crippen molar-refractivity contribution in [3.05, 3.63) is 83.9 Å². The van der Waals surface area contributed by atoms with Crippen LogP contribution in [0.3, 0.4) is 0 Å². The summed E-state index contributed by atoms with van der Waals surface area (Å²) in [6.45, 7) is 3.45. The van der Waals surface area contributed by atoms with E-state index < -0.39 is 6.10 Å². The van der Waals surface area contributed by atoms with E-state index in [-0.39, 0.29) is 17.5 Å². The Morgan fingerprint density at radius 1 is 0.727 bits per heavy atom. The number of Topliss-reactive ketones (excluding diaryl/α,β-unsaturated/α-hetero) is 2. The number of likely N-dealkylation sites (tertiary alicyclic amines) is 1. The van der Waals surface area contributed by atoms with Gasteiger partial charge in [0.05, 0.1) is 20.3 Å². The molecule has 8 heteroatoms. The fourth-order valence-corrected chi connectivity index (χ4v) is 5.52. The molecule has 2 atom stereocenters. The summed E-state index contributed by atoms with van der Waals surface area (Å²) in [4.78, 5) is 27.9. The van der Waals surface area contributed by atoms with Crippen LogP contribution in [-0.4, -0.2) is 68.6 Å². The van der Waals surface area contributed by atoms with Crippen LogP contribution in [0.2, 0.25) is 0 Å². The first-order valence-electron chi connectivity index (χ1n) is 15.5. The van der Waals surface area contributed by atoms with Crippen molar-refractivity contribution in [2.24, 2.45) is 5.92 Å². The summed E-state index contributed by atoms with van der Waals surface area (Å²) in [7, 11) is 3.22. The number of aliphatic hydroxyl groups is 1. The largest absolute Gasteiger partial charge is 0.497 e. The molecule has 236 valence electrons. The molecule has 8 nitrogen and oxygen atoms in total. The molecule has 0 radical (unpaired) electrons. The molecule has 0 aliphatic carbocycles. The Balaban J connectivity index is 1.23. The van der Waals surface area contributed by atoms with E-state index in [1.165, 1.54) is 0 Å². The molecule has 3 aromatic carbocycles. The van der Waals surface area contributed by atoms with E-state index in [9.17, 15) is 14.7 Å². The molecule has 1 unspecified atom stereocenters. The lowest BCUT2D eigenvalue weighted by atomic mass is 9.89. The molecule has 4 rings (SSSR count). The van der Waals surface area contributed by atoms with Gasteiger partial charge >= 0.3 is 0 Å². The van der Waals surface area contributed by atoms with Crippen LogP contribution in [0.15, 0.2) is 72.8 Å². The van der Waals surface area contributed by atoms with Crippen molar-refractivity contribution < 1.29 is 33.6 Å². The summed E-state index contributed by atoms with van der Waals surface area (Å²) >= 11 is 0. The predicted molar refractivity (Wildman–Crippen MR) is 170 cm³/mol. The van der Waals surface area contributed by atoms with E-state index in [0.717, 1.165) is 43.0 Å². The first kappa shape index (κ1) is 33.0. The molecule has 1 fully saturated rings. The normalized spacial score (nSPS) is 14.5. The molecule has 0 bridgehead atoms. The number of benzene rings is 3. The zero-order valence-electron chi connectivity index (χ0n) is 25.9. The van der Waals surface area contributed by atoms with Gasteiger partial charge in [-0.1, -0.05) is 12.1 Å². The topological polar surface area (TPSA) is 94.5 Å². The maximum absolute atomic E-state index is 13.0. The van der Waals surface area contributed by atoms with Crippen LogP contribution in [0.5, 0.6) is 23.0 Å². The van der Waals surface area contributed by atoms with Gasteiger partial charge in [0.1, 0.15) is 42.0 Å². The summed E-state index contributed by atoms with van der Waals surface area (Å²) in [5, 5.41) is 11.4. The summed E-state index contributed by atoms with van der Waals surface area (Å²) in [5.41, 5.74) is 1.43. The highest BCUT2D eigenvalue weighted by atomic mass is 16.5. The van der Waals surface area contributed by atoms with Gasteiger partial charge in [-0.2, -0.15) is 0 Å². The third-order valence-corrected chi connectivity index (χ3v) is 8.05. The van der Waals surface area contributed by atoms with Gasteiger partial charge in [0.15, 0.2) is 5.78 Å². The molecular weight excluding hydrogens is 558 g/mol. The first-order chi connectivity index (χ1) is 21.4. The molecule has 0 amide bonds. The molecule has 44 heavy (non-hydrogen) atoms. The zero-order chi connectivity index (χ0) is 31.1. The fourth-order valence-electron chi connectivity index (χ4n) is 5.52. The average molecular weight is 604 g/mol. The van der Waals surface area contributed by atoms with E-state index in [0.29, 0.717) is 68.9 Å². The molecule has 1 heterocycles. The Morgan fingerprint density at radius 2 is 1.23 bits per heavy atom. The maximum Gasteiger partial charge on any atom is 0.162 e.